The van der Waals surface area contributed by atoms with Crippen molar-refractivity contribution in [1.82, 2.24) is 4.57 Å². The van der Waals surface area contributed by atoms with Gasteiger partial charge in [-0.3, -0.25) is 0 Å². The van der Waals surface area contributed by atoms with Gasteiger partial charge in [0, 0.05) is 34.3 Å². The van der Waals surface area contributed by atoms with Crippen molar-refractivity contribution in [2.75, 3.05) is 5.75 Å². The number of hydrogen-bond donors (Lipinski definition) is 0. The first kappa shape index (κ1) is 12.5. The normalized spacial score (nSPS) is 12.2. The molecule has 17 heavy (non-hydrogen) atoms. The van der Waals surface area contributed by atoms with Crippen molar-refractivity contribution >= 4 is 30.6 Å². The van der Waals surface area contributed by atoms with E-state index in [1.54, 1.807) is 0 Å². The summed E-state index contributed by atoms with van der Waals surface area (Å²) in [5, 5.41) is 1.10. The molecule has 2 rings (SSSR count). The quantitative estimate of drug-likeness (QED) is 0.805. The average Bonchev–Trinajstić information content (AvgIpc) is 2.49. The van der Waals surface area contributed by atoms with Crippen LogP contribution in [0.15, 0.2) is 24.3 Å². The van der Waals surface area contributed by atoms with Crippen molar-refractivity contribution in [3.05, 3.63) is 35.5 Å². The summed E-state index contributed by atoms with van der Waals surface area (Å²) in [5.74, 6) is -0.0244. The maximum Gasteiger partial charge on any atom is 0.232 e. The number of halogens is 1. The van der Waals surface area contributed by atoms with Crippen LogP contribution in [0.5, 0.6) is 0 Å². The van der Waals surface area contributed by atoms with Gasteiger partial charge >= 0.3 is 0 Å². The lowest BCUT2D eigenvalue weighted by Crippen LogP contribution is -2.02. The molecule has 0 unspecified atom stereocenters. The Hall–Kier alpha value is -1.00. The lowest BCUT2D eigenvalue weighted by Gasteiger charge is -2.00. The summed E-state index contributed by atoms with van der Waals surface area (Å²) in [4.78, 5) is 0. The maximum atomic E-state index is 11.0. The van der Waals surface area contributed by atoms with Gasteiger partial charge in [0.15, 0.2) is 0 Å². The Labute approximate surface area is 105 Å². The highest BCUT2D eigenvalue weighted by molar-refractivity contribution is 8.13. The van der Waals surface area contributed by atoms with Crippen molar-refractivity contribution in [2.45, 2.75) is 13.3 Å². The van der Waals surface area contributed by atoms with Crippen LogP contribution in [-0.2, 0) is 22.5 Å². The average molecular weight is 272 g/mol. The maximum absolute atomic E-state index is 11.0. The predicted octanol–water partition coefficient (Wildman–Crippen LogP) is 2.60. The summed E-state index contributed by atoms with van der Waals surface area (Å²) in [5.41, 5.74) is 3.27. The highest BCUT2D eigenvalue weighted by Crippen LogP contribution is 2.25. The number of hydrogen-bond acceptors (Lipinski definition) is 2. The highest BCUT2D eigenvalue weighted by Gasteiger charge is 2.14. The van der Waals surface area contributed by atoms with Crippen LogP contribution in [0.25, 0.3) is 10.9 Å². The van der Waals surface area contributed by atoms with Gasteiger partial charge in [-0.05, 0) is 25.0 Å². The molecule has 2 aromatic rings. The van der Waals surface area contributed by atoms with Crippen molar-refractivity contribution in [1.29, 1.82) is 0 Å². The van der Waals surface area contributed by atoms with Crippen LogP contribution in [0.2, 0.25) is 0 Å². The Morgan fingerprint density at radius 2 is 1.94 bits per heavy atom. The van der Waals surface area contributed by atoms with Gasteiger partial charge in [-0.25, -0.2) is 8.42 Å². The van der Waals surface area contributed by atoms with Crippen LogP contribution in [0.3, 0.4) is 0 Å². The van der Waals surface area contributed by atoms with Crippen molar-refractivity contribution in [2.24, 2.45) is 7.05 Å². The molecule has 3 nitrogen and oxygen atoms in total. The minimum Gasteiger partial charge on any atom is -0.348 e. The van der Waals surface area contributed by atoms with E-state index in [1.807, 2.05) is 38.2 Å². The molecule has 1 aromatic heterocycles. The number of benzene rings is 1. The Bertz CT molecular complexity index is 658. The molecule has 0 bridgehead atoms. The summed E-state index contributed by atoms with van der Waals surface area (Å²) in [6.45, 7) is 2.00. The number of nitrogens with zero attached hydrogens (tertiary/aromatic N) is 1. The molecule has 0 aliphatic heterocycles. The van der Waals surface area contributed by atoms with E-state index in [0.29, 0.717) is 6.42 Å². The summed E-state index contributed by atoms with van der Waals surface area (Å²) in [7, 11) is 3.81. The van der Waals surface area contributed by atoms with E-state index in [2.05, 4.69) is 4.57 Å². The summed E-state index contributed by atoms with van der Waals surface area (Å²) < 4.78 is 24.1. The highest BCUT2D eigenvalue weighted by atomic mass is 35.7. The predicted molar refractivity (Wildman–Crippen MR) is 71.0 cm³/mol. The van der Waals surface area contributed by atoms with E-state index in [4.69, 9.17) is 10.7 Å². The molecule has 92 valence electrons. The first-order chi connectivity index (χ1) is 7.90. The topological polar surface area (TPSA) is 39.1 Å². The number of para-hydroxylation sites is 1. The van der Waals surface area contributed by atoms with Crippen molar-refractivity contribution < 1.29 is 8.42 Å². The standard InChI is InChI=1S/C12H14ClNO2S/c1-9-10(7-8-17(13,15)16)11-5-3-4-6-12(11)14(9)2/h3-6H,7-8H2,1-2H3. The second kappa shape index (κ2) is 4.35. The second-order valence-corrected chi connectivity index (χ2v) is 7.03. The van der Waals surface area contributed by atoms with Crippen LogP contribution in [0.4, 0.5) is 0 Å². The lowest BCUT2D eigenvalue weighted by molar-refractivity contribution is 0.609. The van der Waals surface area contributed by atoms with E-state index in [1.165, 1.54) is 0 Å². The fourth-order valence-electron chi connectivity index (χ4n) is 2.14. The van der Waals surface area contributed by atoms with Gasteiger partial charge in [0.05, 0.1) is 5.75 Å². The van der Waals surface area contributed by atoms with E-state index in [-0.39, 0.29) is 5.75 Å². The molecule has 0 radical (unpaired) electrons. The van der Waals surface area contributed by atoms with Gasteiger partial charge in [-0.2, -0.15) is 0 Å². The molecule has 0 aliphatic carbocycles. The molecule has 0 atom stereocenters. The van der Waals surface area contributed by atoms with Gasteiger partial charge < -0.3 is 4.57 Å². The van der Waals surface area contributed by atoms with E-state index < -0.39 is 9.05 Å². The molecule has 0 aliphatic rings. The lowest BCUT2D eigenvalue weighted by atomic mass is 10.1. The monoisotopic (exact) mass is 271 g/mol. The van der Waals surface area contributed by atoms with Gasteiger partial charge in [0.25, 0.3) is 0 Å². The van der Waals surface area contributed by atoms with Gasteiger partial charge in [0.1, 0.15) is 0 Å². The van der Waals surface area contributed by atoms with E-state index in [9.17, 15) is 8.42 Å². The third-order valence-corrected chi connectivity index (χ3v) is 4.28. The van der Waals surface area contributed by atoms with Crippen LogP contribution >= 0.6 is 10.7 Å². The number of fused-ring (bicyclic) bond motifs is 1. The SMILES string of the molecule is Cc1c(CCS(=O)(=O)Cl)c2ccccc2n1C. The molecule has 0 spiro atoms. The third-order valence-electron chi connectivity index (χ3n) is 3.13. The first-order valence-corrected chi connectivity index (χ1v) is 7.83. The van der Waals surface area contributed by atoms with Gasteiger partial charge in [0.2, 0.25) is 9.05 Å². The molecular formula is C12H14ClNO2S. The Morgan fingerprint density at radius 1 is 1.29 bits per heavy atom. The van der Waals surface area contributed by atoms with Crippen LogP contribution in [0.1, 0.15) is 11.3 Å². The third kappa shape index (κ3) is 2.48. The number of aromatic nitrogens is 1. The summed E-state index contributed by atoms with van der Waals surface area (Å²) in [6.07, 6.45) is 0.457. The number of aryl methyl sites for hydroxylation is 2. The van der Waals surface area contributed by atoms with Gasteiger partial charge in [-0.15, -0.1) is 0 Å². The van der Waals surface area contributed by atoms with Crippen molar-refractivity contribution in [3.8, 4) is 0 Å². The Balaban J connectivity index is 2.50. The Kier molecular flexibility index (Phi) is 3.19. The van der Waals surface area contributed by atoms with Crippen LogP contribution in [-0.4, -0.2) is 18.7 Å². The molecule has 0 saturated carbocycles. The van der Waals surface area contributed by atoms with Crippen LogP contribution in [0, 0.1) is 6.92 Å². The van der Waals surface area contributed by atoms with E-state index in [0.717, 1.165) is 22.2 Å². The fourth-order valence-corrected chi connectivity index (χ4v) is 2.82. The minimum absolute atomic E-state index is 0.0244. The van der Waals surface area contributed by atoms with Crippen molar-refractivity contribution in [3.63, 3.8) is 0 Å². The van der Waals surface area contributed by atoms with Crippen LogP contribution < -0.4 is 0 Å². The molecule has 0 fully saturated rings. The number of rotatable bonds is 3. The van der Waals surface area contributed by atoms with Gasteiger partial charge in [-0.1, -0.05) is 18.2 Å². The summed E-state index contributed by atoms with van der Waals surface area (Å²) >= 11 is 0. The molecule has 0 saturated heterocycles. The van der Waals surface area contributed by atoms with E-state index >= 15 is 0 Å². The fraction of sp³-hybridized carbons (Fsp3) is 0.333. The Morgan fingerprint density at radius 3 is 2.59 bits per heavy atom. The molecule has 5 heteroatoms. The zero-order valence-electron chi connectivity index (χ0n) is 9.77. The largest absolute Gasteiger partial charge is 0.348 e. The zero-order chi connectivity index (χ0) is 12.6. The minimum atomic E-state index is -3.44. The molecule has 0 N–H and O–H groups in total. The zero-order valence-corrected chi connectivity index (χ0v) is 11.3. The first-order valence-electron chi connectivity index (χ1n) is 5.35. The molecule has 1 aromatic carbocycles. The molecule has 1 heterocycles. The molecule has 0 amide bonds. The second-order valence-electron chi connectivity index (χ2n) is 4.13. The smallest absolute Gasteiger partial charge is 0.232 e. The molecular weight excluding hydrogens is 258 g/mol. The summed E-state index contributed by atoms with van der Waals surface area (Å²) in [6, 6.07) is 7.98.